The van der Waals surface area contributed by atoms with Crippen molar-refractivity contribution in [2.45, 2.75) is 32.4 Å². The van der Waals surface area contributed by atoms with Crippen LogP contribution in [0.5, 0.6) is 0 Å². The Balaban J connectivity index is 2.41. The molecule has 1 aliphatic heterocycles. The quantitative estimate of drug-likeness (QED) is 0.776. The highest BCUT2D eigenvalue weighted by atomic mass is 16.5. The van der Waals surface area contributed by atoms with Crippen LogP contribution in [0.2, 0.25) is 0 Å². The first-order valence-electron chi connectivity index (χ1n) is 5.60. The van der Waals surface area contributed by atoms with Gasteiger partial charge in [0.15, 0.2) is 5.69 Å². The number of hydrogen-bond donors (Lipinski definition) is 1. The van der Waals surface area contributed by atoms with Gasteiger partial charge in [-0.05, 0) is 20.3 Å². The second kappa shape index (κ2) is 4.37. The first-order chi connectivity index (χ1) is 8.06. The third-order valence-corrected chi connectivity index (χ3v) is 3.17. The van der Waals surface area contributed by atoms with Crippen molar-refractivity contribution in [3.05, 3.63) is 11.5 Å². The fourth-order valence-corrected chi connectivity index (χ4v) is 2.29. The second-order valence-electron chi connectivity index (χ2n) is 4.19. The first-order valence-corrected chi connectivity index (χ1v) is 5.60. The topological polar surface area (TPSA) is 79.4 Å². The Bertz CT molecular complexity index is 441. The molecule has 0 radical (unpaired) electrons. The van der Waals surface area contributed by atoms with Crippen molar-refractivity contribution in [3.63, 3.8) is 0 Å². The monoisotopic (exact) mass is 239 g/mol. The number of nitrogen functional groups attached to an aromatic ring is 1. The summed E-state index contributed by atoms with van der Waals surface area (Å²) in [6.07, 6.45) is 0.958. The molecule has 6 nitrogen and oxygen atoms in total. The lowest BCUT2D eigenvalue weighted by Gasteiger charge is -2.18. The van der Waals surface area contributed by atoms with Crippen molar-refractivity contribution in [1.29, 1.82) is 0 Å². The van der Waals surface area contributed by atoms with Crippen molar-refractivity contribution >= 4 is 11.8 Å². The third kappa shape index (κ3) is 1.88. The molecule has 17 heavy (non-hydrogen) atoms. The van der Waals surface area contributed by atoms with Gasteiger partial charge >= 0.3 is 5.97 Å². The normalized spacial score (nSPS) is 23.9. The molecule has 6 heteroatoms. The Labute approximate surface area is 99.7 Å². The van der Waals surface area contributed by atoms with E-state index in [2.05, 4.69) is 9.72 Å². The van der Waals surface area contributed by atoms with E-state index in [9.17, 15) is 4.79 Å². The van der Waals surface area contributed by atoms with Gasteiger partial charge in [-0.3, -0.25) is 0 Å². The number of esters is 1. The molecule has 0 aromatic carbocycles. The average Bonchev–Trinajstić information content (AvgIpc) is 2.82. The molecule has 0 amide bonds. The summed E-state index contributed by atoms with van der Waals surface area (Å²) in [5.41, 5.74) is 6.15. The molecule has 94 valence electrons. The van der Waals surface area contributed by atoms with Crippen LogP contribution in [-0.4, -0.2) is 35.3 Å². The number of rotatable bonds is 2. The Kier molecular flexibility index (Phi) is 3.06. The van der Waals surface area contributed by atoms with Crippen LogP contribution in [0.1, 0.15) is 35.7 Å². The SMILES string of the molecule is COC(=O)c1nc(C)n(C2CCOC2C)c1N. The van der Waals surface area contributed by atoms with Crippen LogP contribution in [-0.2, 0) is 9.47 Å². The molecule has 0 spiro atoms. The number of ether oxygens (including phenoxy) is 2. The van der Waals surface area contributed by atoms with Gasteiger partial charge in [0.2, 0.25) is 0 Å². The minimum Gasteiger partial charge on any atom is -0.464 e. The van der Waals surface area contributed by atoms with Crippen molar-refractivity contribution < 1.29 is 14.3 Å². The second-order valence-corrected chi connectivity index (χ2v) is 4.19. The molecular weight excluding hydrogens is 222 g/mol. The van der Waals surface area contributed by atoms with Crippen LogP contribution < -0.4 is 5.73 Å². The van der Waals surface area contributed by atoms with Crippen LogP contribution in [0.3, 0.4) is 0 Å². The van der Waals surface area contributed by atoms with Gasteiger partial charge in [-0.1, -0.05) is 0 Å². The fourth-order valence-electron chi connectivity index (χ4n) is 2.29. The minimum absolute atomic E-state index is 0.0793. The molecule has 1 saturated heterocycles. The molecule has 2 unspecified atom stereocenters. The number of carbonyl (C=O) groups excluding carboxylic acids is 1. The van der Waals surface area contributed by atoms with Gasteiger partial charge in [-0.25, -0.2) is 9.78 Å². The molecule has 0 saturated carbocycles. The summed E-state index contributed by atoms with van der Waals surface area (Å²) < 4.78 is 12.0. The van der Waals surface area contributed by atoms with E-state index in [0.29, 0.717) is 18.2 Å². The Hall–Kier alpha value is -1.56. The number of nitrogens with zero attached hydrogens (tertiary/aromatic N) is 2. The number of hydrogen-bond acceptors (Lipinski definition) is 5. The molecule has 2 atom stereocenters. The number of anilines is 1. The smallest absolute Gasteiger partial charge is 0.360 e. The van der Waals surface area contributed by atoms with Gasteiger partial charge in [0.05, 0.1) is 19.3 Å². The number of aromatic nitrogens is 2. The van der Waals surface area contributed by atoms with Crippen molar-refractivity contribution in [3.8, 4) is 0 Å². The summed E-state index contributed by atoms with van der Waals surface area (Å²) in [4.78, 5) is 15.7. The van der Waals surface area contributed by atoms with Crippen LogP contribution in [0, 0.1) is 6.92 Å². The molecule has 0 bridgehead atoms. The standard InChI is InChI=1S/C11H17N3O3/c1-6-8(4-5-17-6)14-7(2)13-9(10(14)12)11(15)16-3/h6,8H,4-5,12H2,1-3H3. The largest absolute Gasteiger partial charge is 0.464 e. The van der Waals surface area contributed by atoms with E-state index >= 15 is 0 Å². The number of aryl methyl sites for hydroxylation is 1. The number of imidazole rings is 1. The predicted molar refractivity (Wildman–Crippen MR) is 61.8 cm³/mol. The van der Waals surface area contributed by atoms with Crippen LogP contribution in [0.25, 0.3) is 0 Å². The van der Waals surface area contributed by atoms with E-state index < -0.39 is 5.97 Å². The number of nitrogens with two attached hydrogens (primary N) is 1. The van der Waals surface area contributed by atoms with Gasteiger partial charge < -0.3 is 19.8 Å². The van der Waals surface area contributed by atoms with Gasteiger partial charge in [0.1, 0.15) is 11.6 Å². The summed E-state index contributed by atoms with van der Waals surface area (Å²) in [7, 11) is 1.32. The highest BCUT2D eigenvalue weighted by Gasteiger charge is 2.31. The van der Waals surface area contributed by atoms with Crippen LogP contribution >= 0.6 is 0 Å². The summed E-state index contributed by atoms with van der Waals surface area (Å²) in [5.74, 6) is 0.567. The van der Waals surface area contributed by atoms with Crippen LogP contribution in [0.15, 0.2) is 0 Å². The molecule has 1 aliphatic rings. The molecule has 1 fully saturated rings. The summed E-state index contributed by atoms with van der Waals surface area (Å²) in [6, 6.07) is 0.140. The molecule has 2 heterocycles. The molecule has 1 aromatic heterocycles. The Morgan fingerprint density at radius 1 is 1.65 bits per heavy atom. The van der Waals surface area contributed by atoms with Gasteiger partial charge in [0.25, 0.3) is 0 Å². The van der Waals surface area contributed by atoms with E-state index in [-0.39, 0.29) is 17.8 Å². The summed E-state index contributed by atoms with van der Waals surface area (Å²) in [5, 5.41) is 0. The first kappa shape index (κ1) is 11.9. The van der Waals surface area contributed by atoms with Gasteiger partial charge in [0, 0.05) is 6.61 Å². The van der Waals surface area contributed by atoms with E-state index in [0.717, 1.165) is 6.42 Å². The van der Waals surface area contributed by atoms with Crippen LogP contribution in [0.4, 0.5) is 5.82 Å². The summed E-state index contributed by atoms with van der Waals surface area (Å²) in [6.45, 7) is 4.53. The van der Waals surface area contributed by atoms with E-state index in [1.165, 1.54) is 7.11 Å². The molecule has 2 N–H and O–H groups in total. The molecule has 1 aromatic rings. The van der Waals surface area contributed by atoms with Gasteiger partial charge in [-0.15, -0.1) is 0 Å². The Morgan fingerprint density at radius 3 is 2.88 bits per heavy atom. The van der Waals surface area contributed by atoms with Crippen molar-refractivity contribution in [1.82, 2.24) is 9.55 Å². The van der Waals surface area contributed by atoms with Crippen molar-refractivity contribution in [2.24, 2.45) is 0 Å². The van der Waals surface area contributed by atoms with E-state index in [1.54, 1.807) is 0 Å². The zero-order valence-corrected chi connectivity index (χ0v) is 10.3. The maximum absolute atomic E-state index is 11.5. The summed E-state index contributed by atoms with van der Waals surface area (Å²) >= 11 is 0. The van der Waals surface area contributed by atoms with E-state index in [1.807, 2.05) is 18.4 Å². The van der Waals surface area contributed by atoms with Gasteiger partial charge in [-0.2, -0.15) is 0 Å². The molecule has 0 aliphatic carbocycles. The lowest BCUT2D eigenvalue weighted by atomic mass is 10.1. The highest BCUT2D eigenvalue weighted by molar-refractivity contribution is 5.92. The van der Waals surface area contributed by atoms with Crippen molar-refractivity contribution in [2.75, 3.05) is 19.5 Å². The highest BCUT2D eigenvalue weighted by Crippen LogP contribution is 2.31. The molecule has 2 rings (SSSR count). The third-order valence-electron chi connectivity index (χ3n) is 3.17. The zero-order valence-electron chi connectivity index (χ0n) is 10.3. The lowest BCUT2D eigenvalue weighted by molar-refractivity contribution is 0.0595. The maximum atomic E-state index is 11.5. The number of carbonyl (C=O) groups is 1. The predicted octanol–water partition coefficient (Wildman–Crippen LogP) is 0.910. The average molecular weight is 239 g/mol. The number of methoxy groups -OCH3 is 1. The Morgan fingerprint density at radius 2 is 2.35 bits per heavy atom. The molecular formula is C11H17N3O3. The van der Waals surface area contributed by atoms with E-state index in [4.69, 9.17) is 10.5 Å². The fraction of sp³-hybridized carbons (Fsp3) is 0.636. The minimum atomic E-state index is -0.504. The maximum Gasteiger partial charge on any atom is 0.360 e. The zero-order chi connectivity index (χ0) is 12.6. The lowest BCUT2D eigenvalue weighted by Crippen LogP contribution is -2.20.